The second-order valence-corrected chi connectivity index (χ2v) is 5.53. The Morgan fingerprint density at radius 1 is 1.29 bits per heavy atom. The smallest absolute Gasteiger partial charge is 0.315 e. The van der Waals surface area contributed by atoms with Crippen molar-refractivity contribution < 1.29 is 19.5 Å². The summed E-state index contributed by atoms with van der Waals surface area (Å²) in [5, 5.41) is 14.4. The van der Waals surface area contributed by atoms with Crippen molar-refractivity contribution in [1.29, 1.82) is 0 Å². The fourth-order valence-corrected chi connectivity index (χ4v) is 2.55. The SMILES string of the molecule is CCN(C)C(=O)C(C)NC(=O)NC1CCCCC1C(=O)O. The molecule has 21 heavy (non-hydrogen) atoms. The van der Waals surface area contributed by atoms with Crippen LogP contribution in [-0.2, 0) is 9.59 Å². The molecule has 0 aromatic carbocycles. The lowest BCUT2D eigenvalue weighted by Gasteiger charge is -2.30. The molecule has 0 heterocycles. The minimum atomic E-state index is -0.880. The van der Waals surface area contributed by atoms with Gasteiger partial charge in [-0.15, -0.1) is 0 Å². The van der Waals surface area contributed by atoms with Crippen LogP contribution in [-0.4, -0.2) is 53.6 Å². The van der Waals surface area contributed by atoms with Crippen molar-refractivity contribution in [1.82, 2.24) is 15.5 Å². The van der Waals surface area contributed by atoms with Gasteiger partial charge in [-0.3, -0.25) is 9.59 Å². The maximum Gasteiger partial charge on any atom is 0.315 e. The Kier molecular flexibility index (Phi) is 6.45. The summed E-state index contributed by atoms with van der Waals surface area (Å²) in [6.45, 7) is 4.03. The van der Waals surface area contributed by atoms with Gasteiger partial charge in [0.1, 0.15) is 6.04 Å². The van der Waals surface area contributed by atoms with Gasteiger partial charge in [0.2, 0.25) is 5.91 Å². The van der Waals surface area contributed by atoms with Crippen molar-refractivity contribution in [2.45, 2.75) is 51.6 Å². The Hall–Kier alpha value is -1.79. The first kappa shape index (κ1) is 17.3. The van der Waals surface area contributed by atoms with Gasteiger partial charge in [0, 0.05) is 19.6 Å². The molecule has 0 aliphatic heterocycles. The quantitative estimate of drug-likeness (QED) is 0.699. The Labute approximate surface area is 125 Å². The molecule has 0 spiro atoms. The normalized spacial score (nSPS) is 23.0. The summed E-state index contributed by atoms with van der Waals surface area (Å²) in [7, 11) is 1.67. The van der Waals surface area contributed by atoms with Crippen molar-refractivity contribution in [3.05, 3.63) is 0 Å². The molecule has 1 saturated carbocycles. The number of hydrogen-bond acceptors (Lipinski definition) is 3. The number of urea groups is 1. The zero-order valence-corrected chi connectivity index (χ0v) is 12.9. The molecular formula is C14H25N3O4. The third-order valence-corrected chi connectivity index (χ3v) is 3.97. The van der Waals surface area contributed by atoms with Gasteiger partial charge in [-0.05, 0) is 26.7 Å². The van der Waals surface area contributed by atoms with Crippen LogP contribution in [0.25, 0.3) is 0 Å². The summed E-state index contributed by atoms with van der Waals surface area (Å²) in [5.41, 5.74) is 0. The number of amides is 3. The van der Waals surface area contributed by atoms with E-state index >= 15 is 0 Å². The van der Waals surface area contributed by atoms with Crippen molar-refractivity contribution in [3.8, 4) is 0 Å². The summed E-state index contributed by atoms with van der Waals surface area (Å²) in [6.07, 6.45) is 3.00. The molecule has 0 radical (unpaired) electrons. The van der Waals surface area contributed by atoms with Gasteiger partial charge in [-0.1, -0.05) is 12.8 Å². The molecule has 1 aliphatic rings. The number of nitrogens with one attached hydrogen (secondary N) is 2. The molecule has 1 aliphatic carbocycles. The molecule has 0 aromatic heterocycles. The molecule has 7 heteroatoms. The second kappa shape index (κ2) is 7.85. The molecule has 1 rings (SSSR count). The third-order valence-electron chi connectivity index (χ3n) is 3.97. The summed E-state index contributed by atoms with van der Waals surface area (Å²) in [4.78, 5) is 36.5. The molecule has 7 nitrogen and oxygen atoms in total. The first-order valence-corrected chi connectivity index (χ1v) is 7.41. The minimum Gasteiger partial charge on any atom is -0.481 e. The molecule has 0 aromatic rings. The maximum atomic E-state index is 11.9. The predicted octanol–water partition coefficient (Wildman–Crippen LogP) is 0.796. The summed E-state index contributed by atoms with van der Waals surface area (Å²) in [6, 6.07) is -1.50. The zero-order valence-electron chi connectivity index (χ0n) is 12.9. The van der Waals surface area contributed by atoms with Crippen LogP contribution in [0.15, 0.2) is 0 Å². The summed E-state index contributed by atoms with van der Waals surface area (Å²) >= 11 is 0. The van der Waals surface area contributed by atoms with Gasteiger partial charge in [-0.25, -0.2) is 4.79 Å². The van der Waals surface area contributed by atoms with E-state index in [-0.39, 0.29) is 11.9 Å². The molecular weight excluding hydrogens is 274 g/mol. The van der Waals surface area contributed by atoms with Gasteiger partial charge in [0.25, 0.3) is 0 Å². The van der Waals surface area contributed by atoms with Crippen molar-refractivity contribution >= 4 is 17.9 Å². The lowest BCUT2D eigenvalue weighted by Crippen LogP contribution is -2.53. The number of likely N-dealkylation sites (N-methyl/N-ethyl adjacent to an activating group) is 1. The van der Waals surface area contributed by atoms with E-state index in [4.69, 9.17) is 5.11 Å². The topological polar surface area (TPSA) is 98.7 Å². The molecule has 3 unspecified atom stereocenters. The van der Waals surface area contributed by atoms with Crippen molar-refractivity contribution in [3.63, 3.8) is 0 Å². The van der Waals surface area contributed by atoms with Crippen LogP contribution in [0.2, 0.25) is 0 Å². The van der Waals surface area contributed by atoms with Gasteiger partial charge < -0.3 is 20.6 Å². The number of carbonyl (C=O) groups is 3. The number of aliphatic carboxylic acids is 1. The van der Waals surface area contributed by atoms with Gasteiger partial charge >= 0.3 is 12.0 Å². The first-order valence-electron chi connectivity index (χ1n) is 7.41. The first-order chi connectivity index (χ1) is 9.86. The van der Waals surface area contributed by atoms with E-state index in [1.54, 1.807) is 14.0 Å². The van der Waals surface area contributed by atoms with Gasteiger partial charge in [0.15, 0.2) is 0 Å². The summed E-state index contributed by atoms with van der Waals surface area (Å²) in [5.74, 6) is -1.60. The maximum absolute atomic E-state index is 11.9. The van der Waals surface area contributed by atoms with E-state index in [9.17, 15) is 14.4 Å². The highest BCUT2D eigenvalue weighted by molar-refractivity contribution is 5.86. The Bertz CT molecular complexity index is 400. The standard InChI is InChI=1S/C14H25N3O4/c1-4-17(3)12(18)9(2)15-14(21)16-11-8-6-5-7-10(11)13(19)20/h9-11H,4-8H2,1-3H3,(H,19,20)(H2,15,16,21). The number of carboxylic acids is 1. The van der Waals surface area contributed by atoms with E-state index in [2.05, 4.69) is 10.6 Å². The van der Waals surface area contributed by atoms with E-state index in [0.29, 0.717) is 19.4 Å². The Balaban J connectivity index is 2.52. The molecule has 3 atom stereocenters. The second-order valence-electron chi connectivity index (χ2n) is 5.53. The fraction of sp³-hybridized carbons (Fsp3) is 0.786. The van der Waals surface area contributed by atoms with E-state index in [1.807, 2.05) is 6.92 Å². The fourth-order valence-electron chi connectivity index (χ4n) is 2.55. The predicted molar refractivity (Wildman–Crippen MR) is 77.8 cm³/mol. The Morgan fingerprint density at radius 3 is 2.48 bits per heavy atom. The van der Waals surface area contributed by atoms with Crippen LogP contribution in [0.5, 0.6) is 0 Å². The number of hydrogen-bond donors (Lipinski definition) is 3. The minimum absolute atomic E-state index is 0.175. The van der Waals surface area contributed by atoms with Gasteiger partial charge in [0.05, 0.1) is 5.92 Å². The van der Waals surface area contributed by atoms with Crippen molar-refractivity contribution in [2.75, 3.05) is 13.6 Å². The molecule has 120 valence electrons. The van der Waals surface area contributed by atoms with Crippen LogP contribution in [0.1, 0.15) is 39.5 Å². The van der Waals surface area contributed by atoms with Crippen molar-refractivity contribution in [2.24, 2.45) is 5.92 Å². The number of carboxylic acid groups (broad SMARTS) is 1. The highest BCUT2D eigenvalue weighted by atomic mass is 16.4. The van der Waals surface area contributed by atoms with E-state index in [1.165, 1.54) is 4.90 Å². The molecule has 3 N–H and O–H groups in total. The molecule has 0 saturated heterocycles. The number of nitrogens with zero attached hydrogens (tertiary/aromatic N) is 1. The van der Waals surface area contributed by atoms with Crippen LogP contribution < -0.4 is 10.6 Å². The van der Waals surface area contributed by atoms with Crippen LogP contribution in [0.4, 0.5) is 4.79 Å². The van der Waals surface area contributed by atoms with E-state index in [0.717, 1.165) is 12.8 Å². The number of rotatable bonds is 5. The Morgan fingerprint density at radius 2 is 1.90 bits per heavy atom. The highest BCUT2D eigenvalue weighted by Crippen LogP contribution is 2.24. The van der Waals surface area contributed by atoms with Crippen LogP contribution >= 0.6 is 0 Å². The average Bonchev–Trinajstić information content (AvgIpc) is 2.45. The largest absolute Gasteiger partial charge is 0.481 e. The third kappa shape index (κ3) is 4.91. The molecule has 3 amide bonds. The summed E-state index contributed by atoms with van der Waals surface area (Å²) < 4.78 is 0. The lowest BCUT2D eigenvalue weighted by molar-refractivity contribution is -0.143. The van der Waals surface area contributed by atoms with E-state index < -0.39 is 24.0 Å². The number of carbonyl (C=O) groups excluding carboxylic acids is 2. The average molecular weight is 299 g/mol. The zero-order chi connectivity index (χ0) is 16.0. The monoisotopic (exact) mass is 299 g/mol. The van der Waals surface area contributed by atoms with Crippen LogP contribution in [0, 0.1) is 5.92 Å². The van der Waals surface area contributed by atoms with Crippen LogP contribution in [0.3, 0.4) is 0 Å². The molecule has 1 fully saturated rings. The molecule has 0 bridgehead atoms. The lowest BCUT2D eigenvalue weighted by atomic mass is 9.84. The van der Waals surface area contributed by atoms with Gasteiger partial charge in [-0.2, -0.15) is 0 Å². The highest BCUT2D eigenvalue weighted by Gasteiger charge is 2.32.